The molecular formula is C32H21N3O. The maximum atomic E-state index is 6.36. The van der Waals surface area contributed by atoms with Crippen LogP contribution in [0.15, 0.2) is 128 Å². The summed E-state index contributed by atoms with van der Waals surface area (Å²) in [6.45, 7) is 0. The van der Waals surface area contributed by atoms with Gasteiger partial charge in [0.15, 0.2) is 0 Å². The monoisotopic (exact) mass is 463 g/mol. The molecule has 0 bridgehead atoms. The number of nitrogens with zero attached hydrogens (tertiary/aromatic N) is 3. The van der Waals surface area contributed by atoms with Crippen molar-refractivity contribution in [2.24, 2.45) is 0 Å². The number of para-hydroxylation sites is 1. The number of fused-ring (bicyclic) bond motifs is 4. The van der Waals surface area contributed by atoms with E-state index in [4.69, 9.17) is 4.74 Å². The molecule has 0 unspecified atom stereocenters. The van der Waals surface area contributed by atoms with E-state index in [-0.39, 0.29) is 0 Å². The van der Waals surface area contributed by atoms with Gasteiger partial charge in [0.1, 0.15) is 17.3 Å². The van der Waals surface area contributed by atoms with Gasteiger partial charge in [0.25, 0.3) is 0 Å². The van der Waals surface area contributed by atoms with E-state index in [9.17, 15) is 0 Å². The number of hydrogen-bond acceptors (Lipinski definition) is 3. The van der Waals surface area contributed by atoms with E-state index in [0.717, 1.165) is 50.4 Å². The molecule has 0 fully saturated rings. The van der Waals surface area contributed by atoms with Crippen LogP contribution in [0, 0.1) is 0 Å². The molecule has 0 saturated heterocycles. The van der Waals surface area contributed by atoms with Crippen molar-refractivity contribution < 1.29 is 4.74 Å². The van der Waals surface area contributed by atoms with Crippen LogP contribution in [0.1, 0.15) is 0 Å². The first-order valence-electron chi connectivity index (χ1n) is 11.9. The summed E-state index contributed by atoms with van der Waals surface area (Å²) in [6.07, 6.45) is 3.74. The first kappa shape index (κ1) is 20.4. The summed E-state index contributed by atoms with van der Waals surface area (Å²) in [5.74, 6) is 2.42. The number of rotatable bonds is 4. The molecule has 0 aliphatic rings. The van der Waals surface area contributed by atoms with E-state index in [2.05, 4.69) is 75.2 Å². The van der Waals surface area contributed by atoms with Gasteiger partial charge in [-0.15, -0.1) is 0 Å². The number of hydrogen-bond donors (Lipinski definition) is 0. The summed E-state index contributed by atoms with van der Waals surface area (Å²) in [6, 6.07) is 39.1. The molecule has 0 amide bonds. The van der Waals surface area contributed by atoms with Crippen molar-refractivity contribution in [3.63, 3.8) is 0 Å². The molecule has 3 heterocycles. The van der Waals surface area contributed by atoms with Gasteiger partial charge in [-0.05, 0) is 53.9 Å². The van der Waals surface area contributed by atoms with Crippen molar-refractivity contribution in [2.45, 2.75) is 0 Å². The third-order valence-electron chi connectivity index (χ3n) is 6.52. The average molecular weight is 464 g/mol. The molecule has 0 spiro atoms. The van der Waals surface area contributed by atoms with Gasteiger partial charge < -0.3 is 4.74 Å². The van der Waals surface area contributed by atoms with Crippen molar-refractivity contribution in [3.05, 3.63) is 128 Å². The summed E-state index contributed by atoms with van der Waals surface area (Å²) in [7, 11) is 0. The molecule has 0 saturated carbocycles. The van der Waals surface area contributed by atoms with Crippen LogP contribution in [0.2, 0.25) is 0 Å². The minimum atomic E-state index is 0.766. The van der Waals surface area contributed by atoms with Gasteiger partial charge in [0.2, 0.25) is 0 Å². The quantitative estimate of drug-likeness (QED) is 0.264. The molecule has 0 aliphatic heterocycles. The molecule has 0 radical (unpaired) electrons. The highest BCUT2D eigenvalue weighted by Gasteiger charge is 2.14. The Morgan fingerprint density at radius 3 is 2.28 bits per heavy atom. The Morgan fingerprint density at radius 2 is 1.36 bits per heavy atom. The zero-order valence-corrected chi connectivity index (χ0v) is 19.4. The summed E-state index contributed by atoms with van der Waals surface area (Å²) < 4.78 is 8.55. The van der Waals surface area contributed by atoms with Crippen molar-refractivity contribution >= 4 is 32.6 Å². The Bertz CT molecular complexity index is 1870. The Morgan fingerprint density at radius 1 is 0.556 bits per heavy atom. The van der Waals surface area contributed by atoms with E-state index in [0.29, 0.717) is 0 Å². The molecule has 4 aromatic carbocycles. The highest BCUT2D eigenvalue weighted by molar-refractivity contribution is 6.09. The third kappa shape index (κ3) is 3.48. The van der Waals surface area contributed by atoms with Gasteiger partial charge in [-0.1, -0.05) is 60.7 Å². The molecule has 4 nitrogen and oxygen atoms in total. The van der Waals surface area contributed by atoms with E-state index >= 15 is 0 Å². The van der Waals surface area contributed by atoms with Crippen LogP contribution in [0.25, 0.3) is 49.7 Å². The summed E-state index contributed by atoms with van der Waals surface area (Å²) in [5, 5.41) is 4.65. The predicted molar refractivity (Wildman–Crippen MR) is 146 cm³/mol. The maximum Gasteiger partial charge on any atom is 0.137 e. The van der Waals surface area contributed by atoms with Gasteiger partial charge in [-0.3, -0.25) is 9.55 Å². The third-order valence-corrected chi connectivity index (χ3v) is 6.52. The fraction of sp³-hybridized carbons (Fsp3) is 0. The van der Waals surface area contributed by atoms with Crippen LogP contribution < -0.4 is 4.74 Å². The molecular weight excluding hydrogens is 442 g/mol. The van der Waals surface area contributed by atoms with E-state index in [1.165, 1.54) is 10.8 Å². The van der Waals surface area contributed by atoms with Gasteiger partial charge in [0.05, 0.1) is 16.7 Å². The first-order valence-corrected chi connectivity index (χ1v) is 11.9. The molecule has 4 heteroatoms. The Kier molecular flexibility index (Phi) is 4.74. The van der Waals surface area contributed by atoms with Crippen molar-refractivity contribution in [1.82, 2.24) is 14.5 Å². The zero-order chi connectivity index (χ0) is 23.9. The van der Waals surface area contributed by atoms with Gasteiger partial charge in [0, 0.05) is 40.2 Å². The lowest BCUT2D eigenvalue weighted by atomic mass is 10.1. The second-order valence-electron chi connectivity index (χ2n) is 8.77. The molecule has 7 rings (SSSR count). The molecule has 36 heavy (non-hydrogen) atoms. The lowest BCUT2D eigenvalue weighted by Gasteiger charge is -2.10. The van der Waals surface area contributed by atoms with Crippen molar-refractivity contribution in [3.8, 4) is 28.6 Å². The number of aromatic nitrogens is 3. The maximum absolute atomic E-state index is 6.36. The zero-order valence-electron chi connectivity index (χ0n) is 19.4. The normalized spacial score (nSPS) is 11.3. The Labute approximate surface area is 208 Å². The van der Waals surface area contributed by atoms with Crippen LogP contribution in [0.5, 0.6) is 11.5 Å². The van der Waals surface area contributed by atoms with Crippen molar-refractivity contribution in [1.29, 1.82) is 0 Å². The average Bonchev–Trinajstić information content (AvgIpc) is 3.27. The molecule has 0 atom stereocenters. The molecule has 170 valence electrons. The van der Waals surface area contributed by atoms with Crippen LogP contribution >= 0.6 is 0 Å². The minimum absolute atomic E-state index is 0.766. The molecule has 3 aromatic heterocycles. The highest BCUT2D eigenvalue weighted by atomic mass is 16.5. The SMILES string of the molecule is c1ccc(-n2c3ccccc3c3ccc(Oc4cccc(-c5cc6ccccc6cn5)c4)cc32)nc1. The second-order valence-corrected chi connectivity index (χ2v) is 8.77. The van der Waals surface area contributed by atoms with Gasteiger partial charge >= 0.3 is 0 Å². The van der Waals surface area contributed by atoms with Crippen LogP contribution in [-0.4, -0.2) is 14.5 Å². The van der Waals surface area contributed by atoms with E-state index in [1.54, 1.807) is 0 Å². The lowest BCUT2D eigenvalue weighted by Crippen LogP contribution is -1.96. The molecule has 0 aliphatic carbocycles. The van der Waals surface area contributed by atoms with E-state index < -0.39 is 0 Å². The molecule has 0 N–H and O–H groups in total. The Hall–Kier alpha value is -4.96. The largest absolute Gasteiger partial charge is 0.457 e. The standard InChI is InChI=1S/C32H21N3O/c1-2-9-24-21-34-29(19-22(24)8-1)23-10-7-11-25(18-23)36-26-15-16-28-27-12-3-4-13-30(27)35(31(28)20-26)32-14-5-6-17-33-32/h1-21H. The predicted octanol–water partition coefficient (Wildman–Crippen LogP) is 8.19. The first-order chi connectivity index (χ1) is 17.8. The Balaban J connectivity index is 1.30. The second kappa shape index (κ2) is 8.36. The van der Waals surface area contributed by atoms with Gasteiger partial charge in [-0.25, -0.2) is 4.98 Å². The van der Waals surface area contributed by atoms with Crippen molar-refractivity contribution in [2.75, 3.05) is 0 Å². The topological polar surface area (TPSA) is 39.9 Å². The number of pyridine rings is 2. The highest BCUT2D eigenvalue weighted by Crippen LogP contribution is 2.35. The van der Waals surface area contributed by atoms with Crippen LogP contribution in [0.4, 0.5) is 0 Å². The molecule has 7 aromatic rings. The van der Waals surface area contributed by atoms with Crippen LogP contribution in [0.3, 0.4) is 0 Å². The minimum Gasteiger partial charge on any atom is -0.457 e. The lowest BCUT2D eigenvalue weighted by molar-refractivity contribution is 0.483. The summed E-state index contributed by atoms with van der Waals surface area (Å²) in [5.41, 5.74) is 4.11. The van der Waals surface area contributed by atoms with Crippen LogP contribution in [-0.2, 0) is 0 Å². The fourth-order valence-corrected chi connectivity index (χ4v) is 4.84. The smallest absolute Gasteiger partial charge is 0.137 e. The number of ether oxygens (including phenoxy) is 1. The van der Waals surface area contributed by atoms with E-state index in [1.807, 2.05) is 67.0 Å². The fourth-order valence-electron chi connectivity index (χ4n) is 4.84. The summed E-state index contributed by atoms with van der Waals surface area (Å²) >= 11 is 0. The summed E-state index contributed by atoms with van der Waals surface area (Å²) in [4.78, 5) is 9.29. The number of benzene rings is 4. The van der Waals surface area contributed by atoms with Gasteiger partial charge in [-0.2, -0.15) is 0 Å².